The summed E-state index contributed by atoms with van der Waals surface area (Å²) in [6.45, 7) is 0.469. The average Bonchev–Trinajstić information content (AvgIpc) is 2.42. The Morgan fingerprint density at radius 2 is 2.05 bits per heavy atom. The largest absolute Gasteiger partial charge is 0.396 e. The lowest BCUT2D eigenvalue weighted by Crippen LogP contribution is -2.25. The van der Waals surface area contributed by atoms with Crippen molar-refractivity contribution in [3.63, 3.8) is 0 Å². The van der Waals surface area contributed by atoms with Gasteiger partial charge in [0.15, 0.2) is 0 Å². The second kappa shape index (κ2) is 6.39. The molecule has 0 aliphatic carbocycles. The minimum absolute atomic E-state index is 0.0347. The number of nitrogens with one attached hydrogen (secondary N) is 1. The van der Waals surface area contributed by atoms with Crippen molar-refractivity contribution < 1.29 is 9.18 Å². The van der Waals surface area contributed by atoms with Crippen molar-refractivity contribution in [1.82, 2.24) is 5.32 Å². The van der Waals surface area contributed by atoms with E-state index in [2.05, 4.69) is 5.32 Å². The van der Waals surface area contributed by atoms with Crippen LogP contribution in [0.15, 0.2) is 42.5 Å². The van der Waals surface area contributed by atoms with Gasteiger partial charge in [-0.15, -0.1) is 0 Å². The molecule has 0 spiro atoms. The monoisotopic (exact) mass is 292 g/mol. The molecule has 1 amide bonds. The first-order valence-corrected chi connectivity index (χ1v) is 6.52. The maximum absolute atomic E-state index is 13.0. The zero-order valence-electron chi connectivity index (χ0n) is 10.7. The van der Waals surface area contributed by atoms with Crippen LogP contribution >= 0.6 is 11.6 Å². The Kier molecular flexibility index (Phi) is 4.58. The molecule has 0 unspecified atom stereocenters. The molecule has 0 aromatic heterocycles. The van der Waals surface area contributed by atoms with Crippen LogP contribution in [0.3, 0.4) is 0 Å². The molecule has 0 atom stereocenters. The van der Waals surface area contributed by atoms with Crippen LogP contribution in [0.2, 0.25) is 5.02 Å². The standard InChI is InChI=1S/C15H14ClFN2O/c16-12-3-1-2-10(8-12)6-7-19-15(20)11-4-5-13(17)14(18)9-11/h1-5,8-9H,6-7,18H2,(H,19,20). The highest BCUT2D eigenvalue weighted by Crippen LogP contribution is 2.13. The number of nitrogens with two attached hydrogens (primary N) is 1. The molecule has 0 bridgehead atoms. The quantitative estimate of drug-likeness (QED) is 0.851. The van der Waals surface area contributed by atoms with Crippen LogP contribution in [0, 0.1) is 5.82 Å². The maximum atomic E-state index is 13.0. The molecule has 2 aromatic carbocycles. The number of anilines is 1. The van der Waals surface area contributed by atoms with Gasteiger partial charge in [0.25, 0.3) is 5.91 Å². The highest BCUT2D eigenvalue weighted by Gasteiger charge is 2.07. The third-order valence-corrected chi connectivity index (χ3v) is 3.08. The van der Waals surface area contributed by atoms with Gasteiger partial charge in [-0.25, -0.2) is 4.39 Å². The first-order valence-electron chi connectivity index (χ1n) is 6.14. The zero-order chi connectivity index (χ0) is 14.5. The topological polar surface area (TPSA) is 55.1 Å². The minimum Gasteiger partial charge on any atom is -0.396 e. The maximum Gasteiger partial charge on any atom is 0.251 e. The molecule has 0 saturated carbocycles. The molecule has 104 valence electrons. The van der Waals surface area contributed by atoms with E-state index >= 15 is 0 Å². The van der Waals surface area contributed by atoms with Crippen molar-refractivity contribution in [3.8, 4) is 0 Å². The van der Waals surface area contributed by atoms with Crippen molar-refractivity contribution in [2.45, 2.75) is 6.42 Å². The van der Waals surface area contributed by atoms with Gasteiger partial charge in [-0.2, -0.15) is 0 Å². The van der Waals surface area contributed by atoms with E-state index in [0.29, 0.717) is 23.6 Å². The minimum atomic E-state index is -0.527. The molecular weight excluding hydrogens is 279 g/mol. The zero-order valence-corrected chi connectivity index (χ0v) is 11.5. The molecule has 0 fully saturated rings. The number of hydrogen-bond acceptors (Lipinski definition) is 2. The summed E-state index contributed by atoms with van der Waals surface area (Å²) >= 11 is 5.88. The van der Waals surface area contributed by atoms with Gasteiger partial charge >= 0.3 is 0 Å². The van der Waals surface area contributed by atoms with E-state index in [0.717, 1.165) is 5.56 Å². The fourth-order valence-electron chi connectivity index (χ4n) is 1.80. The Bertz CT molecular complexity index is 631. The van der Waals surface area contributed by atoms with Crippen LogP contribution < -0.4 is 11.1 Å². The van der Waals surface area contributed by atoms with Crippen LogP contribution in [-0.2, 0) is 6.42 Å². The number of carbonyl (C=O) groups excluding carboxylic acids is 1. The number of halogens is 2. The molecule has 0 radical (unpaired) electrons. The number of rotatable bonds is 4. The number of nitrogen functional groups attached to an aromatic ring is 1. The molecule has 3 nitrogen and oxygen atoms in total. The Balaban J connectivity index is 1.90. The lowest BCUT2D eigenvalue weighted by Gasteiger charge is -2.06. The van der Waals surface area contributed by atoms with Gasteiger partial charge < -0.3 is 11.1 Å². The molecule has 20 heavy (non-hydrogen) atoms. The molecule has 0 aliphatic heterocycles. The molecule has 0 heterocycles. The Morgan fingerprint density at radius 3 is 2.75 bits per heavy atom. The second-order valence-corrected chi connectivity index (χ2v) is 4.81. The highest BCUT2D eigenvalue weighted by molar-refractivity contribution is 6.30. The lowest BCUT2D eigenvalue weighted by molar-refractivity contribution is 0.0954. The number of amides is 1. The van der Waals surface area contributed by atoms with Gasteiger partial charge in [0.2, 0.25) is 0 Å². The van der Waals surface area contributed by atoms with E-state index < -0.39 is 5.82 Å². The Morgan fingerprint density at radius 1 is 1.25 bits per heavy atom. The predicted octanol–water partition coefficient (Wildman–Crippen LogP) is 3.03. The van der Waals surface area contributed by atoms with Crippen LogP contribution in [0.25, 0.3) is 0 Å². The molecular formula is C15H14ClFN2O. The van der Waals surface area contributed by atoms with Gasteiger partial charge in [0.1, 0.15) is 5.82 Å². The molecule has 0 aliphatic rings. The molecule has 0 saturated heterocycles. The lowest BCUT2D eigenvalue weighted by atomic mass is 10.1. The summed E-state index contributed by atoms with van der Waals surface area (Å²) in [7, 11) is 0. The number of hydrogen-bond donors (Lipinski definition) is 2. The smallest absolute Gasteiger partial charge is 0.251 e. The van der Waals surface area contributed by atoms with Crippen LogP contribution in [0.4, 0.5) is 10.1 Å². The number of benzene rings is 2. The fourth-order valence-corrected chi connectivity index (χ4v) is 2.01. The van der Waals surface area contributed by atoms with Gasteiger partial charge in [-0.05, 0) is 42.3 Å². The van der Waals surface area contributed by atoms with Crippen molar-refractivity contribution in [2.24, 2.45) is 0 Å². The third-order valence-electron chi connectivity index (χ3n) is 2.85. The van der Waals surface area contributed by atoms with Gasteiger partial charge in [-0.3, -0.25) is 4.79 Å². The van der Waals surface area contributed by atoms with E-state index in [-0.39, 0.29) is 11.6 Å². The summed E-state index contributed by atoms with van der Waals surface area (Å²) in [5.41, 5.74) is 6.77. The third kappa shape index (κ3) is 3.71. The van der Waals surface area contributed by atoms with E-state index in [1.807, 2.05) is 18.2 Å². The average molecular weight is 293 g/mol. The first-order chi connectivity index (χ1) is 9.56. The van der Waals surface area contributed by atoms with Crippen LogP contribution in [0.5, 0.6) is 0 Å². The van der Waals surface area contributed by atoms with Crippen molar-refractivity contribution >= 4 is 23.2 Å². The first kappa shape index (κ1) is 14.3. The number of carbonyl (C=O) groups is 1. The van der Waals surface area contributed by atoms with Gasteiger partial charge in [0.05, 0.1) is 5.69 Å². The highest BCUT2D eigenvalue weighted by atomic mass is 35.5. The van der Waals surface area contributed by atoms with Crippen LogP contribution in [0.1, 0.15) is 15.9 Å². The van der Waals surface area contributed by atoms with Gasteiger partial charge in [0, 0.05) is 17.1 Å². The summed E-state index contributed by atoms with van der Waals surface area (Å²) in [4.78, 5) is 11.9. The van der Waals surface area contributed by atoms with Gasteiger partial charge in [-0.1, -0.05) is 23.7 Å². The molecule has 5 heteroatoms. The fraction of sp³-hybridized carbons (Fsp3) is 0.133. The molecule has 2 aromatic rings. The summed E-state index contributed by atoms with van der Waals surface area (Å²) in [6.07, 6.45) is 0.670. The van der Waals surface area contributed by atoms with E-state index in [1.54, 1.807) is 6.07 Å². The Labute approximate surface area is 121 Å². The molecule has 3 N–H and O–H groups in total. The normalized spacial score (nSPS) is 10.3. The van der Waals surface area contributed by atoms with E-state index in [1.165, 1.54) is 18.2 Å². The second-order valence-electron chi connectivity index (χ2n) is 4.37. The molecule has 2 rings (SSSR count). The summed E-state index contributed by atoms with van der Waals surface area (Å²) in [5, 5.41) is 3.42. The predicted molar refractivity (Wildman–Crippen MR) is 78.3 cm³/mol. The van der Waals surface area contributed by atoms with Crippen molar-refractivity contribution in [3.05, 3.63) is 64.4 Å². The SMILES string of the molecule is Nc1cc(C(=O)NCCc2cccc(Cl)c2)ccc1F. The van der Waals surface area contributed by atoms with Crippen molar-refractivity contribution in [2.75, 3.05) is 12.3 Å². The van der Waals surface area contributed by atoms with Crippen molar-refractivity contribution in [1.29, 1.82) is 0 Å². The summed E-state index contributed by atoms with van der Waals surface area (Å²) in [6, 6.07) is 11.4. The van der Waals surface area contributed by atoms with Crippen LogP contribution in [-0.4, -0.2) is 12.5 Å². The Hall–Kier alpha value is -2.07. The van der Waals surface area contributed by atoms with E-state index in [9.17, 15) is 9.18 Å². The van der Waals surface area contributed by atoms with E-state index in [4.69, 9.17) is 17.3 Å². The summed E-state index contributed by atoms with van der Waals surface area (Å²) in [5.74, 6) is -0.806. The summed E-state index contributed by atoms with van der Waals surface area (Å²) < 4.78 is 13.0.